The normalized spacial score (nSPS) is 11.4. The van der Waals surface area contributed by atoms with Crippen LogP contribution in [0, 0.1) is 17.2 Å². The lowest BCUT2D eigenvalue weighted by Crippen LogP contribution is -2.28. The van der Waals surface area contributed by atoms with Gasteiger partial charge in [0.2, 0.25) is 5.91 Å². The van der Waals surface area contributed by atoms with E-state index in [9.17, 15) is 14.9 Å². The molecule has 0 aliphatic carbocycles. The number of rotatable bonds is 7. The fraction of sp³-hybridized carbons (Fsp3) is 0.0345. The van der Waals surface area contributed by atoms with Crippen molar-refractivity contribution in [3.8, 4) is 17.2 Å². The quantitative estimate of drug-likeness (QED) is 0.197. The fourth-order valence-electron chi connectivity index (χ4n) is 3.83. The molecule has 0 aliphatic heterocycles. The second-order valence-corrected chi connectivity index (χ2v) is 9.14. The summed E-state index contributed by atoms with van der Waals surface area (Å²) >= 11 is 1.21. The number of aromatic nitrogens is 1. The second kappa shape index (κ2) is 10.2. The molecule has 1 unspecified atom stereocenters. The summed E-state index contributed by atoms with van der Waals surface area (Å²) in [6.45, 7) is 0. The van der Waals surface area contributed by atoms with Gasteiger partial charge in [0, 0.05) is 23.0 Å². The lowest BCUT2D eigenvalue weighted by atomic mass is 10.0. The maximum atomic E-state index is 13.1. The molecule has 5 rings (SSSR count). The molecule has 0 bridgehead atoms. The fourth-order valence-corrected chi connectivity index (χ4v) is 4.85. The van der Waals surface area contributed by atoms with E-state index in [1.165, 1.54) is 11.3 Å². The van der Waals surface area contributed by atoms with E-state index in [0.717, 1.165) is 32.6 Å². The molecular formula is C29H20N4O2S. The van der Waals surface area contributed by atoms with Crippen molar-refractivity contribution in [3.05, 3.63) is 108 Å². The summed E-state index contributed by atoms with van der Waals surface area (Å²) in [5, 5.41) is 16.4. The number of hydrogen-bond donors (Lipinski definition) is 2. The van der Waals surface area contributed by atoms with E-state index >= 15 is 0 Å². The molecule has 174 valence electrons. The van der Waals surface area contributed by atoms with Gasteiger partial charge in [0.1, 0.15) is 0 Å². The number of para-hydroxylation sites is 1. The van der Waals surface area contributed by atoms with Crippen molar-refractivity contribution in [2.75, 3.05) is 10.6 Å². The van der Waals surface area contributed by atoms with E-state index in [1.807, 2.05) is 54.6 Å². The molecule has 36 heavy (non-hydrogen) atoms. The van der Waals surface area contributed by atoms with Gasteiger partial charge in [-0.1, -0.05) is 60.7 Å². The highest BCUT2D eigenvalue weighted by atomic mass is 32.1. The van der Waals surface area contributed by atoms with Crippen LogP contribution in [0.3, 0.4) is 0 Å². The van der Waals surface area contributed by atoms with Gasteiger partial charge in [0.25, 0.3) is 0 Å². The molecule has 1 atom stereocenters. The maximum Gasteiger partial charge on any atom is 0.249 e. The topological polar surface area (TPSA) is 94.9 Å². The summed E-state index contributed by atoms with van der Waals surface area (Å²) < 4.78 is 0.782. The first-order valence-corrected chi connectivity index (χ1v) is 12.0. The van der Waals surface area contributed by atoms with Crippen LogP contribution in [0.1, 0.15) is 9.67 Å². The molecule has 1 amide bonds. The predicted octanol–water partition coefficient (Wildman–Crippen LogP) is 6.67. The third-order valence-electron chi connectivity index (χ3n) is 5.66. The smallest absolute Gasteiger partial charge is 0.249 e. The maximum absolute atomic E-state index is 13.1. The Balaban J connectivity index is 1.37. The summed E-state index contributed by atoms with van der Waals surface area (Å²) in [5.74, 6) is -2.64. The molecule has 2 N–H and O–H groups in total. The van der Waals surface area contributed by atoms with Crippen LogP contribution in [-0.4, -0.2) is 16.7 Å². The minimum atomic E-state index is -1.45. The number of amides is 1. The number of benzene rings is 3. The average Bonchev–Trinajstić information content (AvgIpc) is 3.36. The number of anilines is 3. The Hall–Kier alpha value is -4.80. The third kappa shape index (κ3) is 4.85. The monoisotopic (exact) mass is 488 g/mol. The van der Waals surface area contributed by atoms with Gasteiger partial charge in [-0.15, -0.1) is 11.3 Å². The van der Waals surface area contributed by atoms with Crippen molar-refractivity contribution in [1.29, 1.82) is 5.26 Å². The van der Waals surface area contributed by atoms with Crippen LogP contribution in [-0.2, 0) is 4.79 Å². The van der Waals surface area contributed by atoms with Crippen molar-refractivity contribution >= 4 is 50.2 Å². The van der Waals surface area contributed by atoms with Crippen molar-refractivity contribution in [1.82, 2.24) is 4.98 Å². The largest absolute Gasteiger partial charge is 0.354 e. The number of hydrogen-bond acceptors (Lipinski definition) is 6. The van der Waals surface area contributed by atoms with E-state index in [0.29, 0.717) is 10.6 Å². The molecular weight excluding hydrogens is 468 g/mol. The molecule has 0 fully saturated rings. The van der Waals surface area contributed by atoms with Crippen LogP contribution in [0.5, 0.6) is 0 Å². The minimum absolute atomic E-state index is 0.329. The highest BCUT2D eigenvalue weighted by molar-refractivity contribution is 7.21. The first-order valence-electron chi connectivity index (χ1n) is 11.2. The summed E-state index contributed by atoms with van der Waals surface area (Å²) in [6, 6.07) is 30.5. The highest BCUT2D eigenvalue weighted by Gasteiger charge is 2.29. The lowest BCUT2D eigenvalue weighted by Gasteiger charge is -2.09. The van der Waals surface area contributed by atoms with Crippen LogP contribution in [0.2, 0.25) is 0 Å². The van der Waals surface area contributed by atoms with Gasteiger partial charge in [-0.25, -0.2) is 0 Å². The number of nitriles is 1. The zero-order valence-electron chi connectivity index (χ0n) is 19.0. The summed E-state index contributed by atoms with van der Waals surface area (Å²) in [5.41, 5.74) is 4.38. The van der Waals surface area contributed by atoms with Crippen molar-refractivity contribution in [2.45, 2.75) is 0 Å². The van der Waals surface area contributed by atoms with Gasteiger partial charge >= 0.3 is 0 Å². The van der Waals surface area contributed by atoms with Gasteiger partial charge in [-0.05, 0) is 41.5 Å². The number of ketones is 1. The molecule has 3 aromatic carbocycles. The average molecular weight is 489 g/mol. The number of Topliss-reactive ketones (excluding diaryl/α,β-unsaturated/α-hetero) is 1. The van der Waals surface area contributed by atoms with Gasteiger partial charge in [-0.2, -0.15) is 5.26 Å². The Morgan fingerprint density at radius 1 is 0.833 bits per heavy atom. The first-order chi connectivity index (χ1) is 17.6. The molecule has 0 saturated heterocycles. The highest BCUT2D eigenvalue weighted by Crippen LogP contribution is 2.34. The van der Waals surface area contributed by atoms with Gasteiger partial charge in [0.15, 0.2) is 11.7 Å². The van der Waals surface area contributed by atoms with Crippen LogP contribution in [0.25, 0.3) is 21.2 Å². The Bertz CT molecular complexity index is 1570. The van der Waals surface area contributed by atoms with Crippen LogP contribution < -0.4 is 10.6 Å². The Morgan fingerprint density at radius 3 is 2.19 bits per heavy atom. The minimum Gasteiger partial charge on any atom is -0.354 e. The van der Waals surface area contributed by atoms with Gasteiger partial charge < -0.3 is 10.6 Å². The molecule has 2 heterocycles. The lowest BCUT2D eigenvalue weighted by molar-refractivity contribution is -0.117. The summed E-state index contributed by atoms with van der Waals surface area (Å²) in [7, 11) is 0. The van der Waals surface area contributed by atoms with Crippen LogP contribution in [0.4, 0.5) is 17.1 Å². The van der Waals surface area contributed by atoms with Gasteiger partial charge in [-0.3, -0.25) is 14.6 Å². The Labute approximate surface area is 211 Å². The van der Waals surface area contributed by atoms with Crippen LogP contribution in [0.15, 0.2) is 103 Å². The zero-order valence-corrected chi connectivity index (χ0v) is 19.8. The number of fused-ring (bicyclic) bond motifs is 1. The second-order valence-electron chi connectivity index (χ2n) is 8.06. The number of carbonyl (C=O) groups is 2. The predicted molar refractivity (Wildman–Crippen MR) is 143 cm³/mol. The zero-order chi connectivity index (χ0) is 24.9. The number of carbonyl (C=O) groups excluding carboxylic acids is 2. The first kappa shape index (κ1) is 23.0. The number of thiophene rings is 1. The number of nitrogens with one attached hydrogen (secondary N) is 2. The standard InChI is InChI=1S/C29H20N4O2S/c30-16-24(29(35)33-21-9-5-2-6-10-21)28(34)26-15-23-25(17-31-18-27(23)36-26)32-22-13-11-20(12-14-22)19-7-3-1-4-8-19/h1-15,17-18,24,32H,(H,33,35). The van der Waals surface area contributed by atoms with Crippen molar-refractivity contribution in [3.63, 3.8) is 0 Å². The van der Waals surface area contributed by atoms with E-state index < -0.39 is 17.6 Å². The SMILES string of the molecule is N#CC(C(=O)Nc1ccccc1)C(=O)c1cc2c(Nc3ccc(-c4ccccc4)cc3)cncc2s1. The molecule has 0 radical (unpaired) electrons. The molecule has 0 aliphatic rings. The molecule has 6 nitrogen and oxygen atoms in total. The molecule has 2 aromatic heterocycles. The Kier molecular flexibility index (Phi) is 6.52. The van der Waals surface area contributed by atoms with E-state index in [-0.39, 0.29) is 0 Å². The number of nitrogens with zero attached hydrogens (tertiary/aromatic N) is 2. The Morgan fingerprint density at radius 2 is 1.50 bits per heavy atom. The molecule has 0 saturated carbocycles. The molecule has 0 spiro atoms. The number of pyridine rings is 1. The third-order valence-corrected chi connectivity index (χ3v) is 6.74. The summed E-state index contributed by atoms with van der Waals surface area (Å²) in [6.07, 6.45) is 3.37. The van der Waals surface area contributed by atoms with E-state index in [2.05, 4.69) is 27.8 Å². The van der Waals surface area contributed by atoms with Crippen molar-refractivity contribution < 1.29 is 9.59 Å². The molecule has 5 aromatic rings. The van der Waals surface area contributed by atoms with Gasteiger partial charge in [0.05, 0.1) is 27.5 Å². The van der Waals surface area contributed by atoms with E-state index in [1.54, 1.807) is 42.7 Å². The van der Waals surface area contributed by atoms with Crippen LogP contribution >= 0.6 is 11.3 Å². The van der Waals surface area contributed by atoms with E-state index in [4.69, 9.17) is 0 Å². The molecule has 7 heteroatoms. The summed E-state index contributed by atoms with van der Waals surface area (Å²) in [4.78, 5) is 30.4. The van der Waals surface area contributed by atoms with Crippen molar-refractivity contribution in [2.24, 2.45) is 5.92 Å².